The largest absolute Gasteiger partial charge is 0.311 e. The summed E-state index contributed by atoms with van der Waals surface area (Å²) < 4.78 is 0. The van der Waals surface area contributed by atoms with Crippen LogP contribution in [0.1, 0.15) is 68.8 Å². The summed E-state index contributed by atoms with van der Waals surface area (Å²) in [6, 6.07) is 17.9. The van der Waals surface area contributed by atoms with Crippen molar-refractivity contribution in [1.29, 1.82) is 0 Å². The van der Waals surface area contributed by atoms with Crippen molar-refractivity contribution < 1.29 is 4.79 Å². The number of hydrogen-bond donors (Lipinski definition) is 0. The molecule has 2 nitrogen and oxygen atoms in total. The number of amides is 1. The molecule has 0 aliphatic carbocycles. The highest BCUT2D eigenvalue weighted by atomic mass is 16.2. The van der Waals surface area contributed by atoms with Crippen LogP contribution in [-0.4, -0.2) is 13.0 Å². The van der Waals surface area contributed by atoms with Gasteiger partial charge in [-0.25, -0.2) is 0 Å². The molecular formula is C24H33NO. The van der Waals surface area contributed by atoms with E-state index in [4.69, 9.17) is 0 Å². The normalized spacial score (nSPS) is 11.4. The van der Waals surface area contributed by atoms with E-state index in [1.54, 1.807) is 4.90 Å². The molecule has 2 rings (SSSR count). The minimum Gasteiger partial charge on any atom is -0.311 e. The summed E-state index contributed by atoms with van der Waals surface area (Å²) in [5.74, 6) is 0.0292. The number of hydrogen-bond acceptors (Lipinski definition) is 1. The Bertz CT molecular complexity index is 690. The topological polar surface area (TPSA) is 20.3 Å². The van der Waals surface area contributed by atoms with Gasteiger partial charge in [-0.1, -0.05) is 76.8 Å². The molecule has 1 amide bonds. The fourth-order valence-corrected chi connectivity index (χ4v) is 3.44. The molecule has 0 unspecified atom stereocenters. The summed E-state index contributed by atoms with van der Waals surface area (Å²) in [7, 11) is 1.85. The van der Waals surface area contributed by atoms with Gasteiger partial charge in [0.2, 0.25) is 0 Å². The van der Waals surface area contributed by atoms with Crippen molar-refractivity contribution >= 4 is 11.6 Å². The highest BCUT2D eigenvalue weighted by molar-refractivity contribution is 6.05. The third-order valence-corrected chi connectivity index (χ3v) is 5.01. The Hall–Kier alpha value is -2.09. The van der Waals surface area contributed by atoms with Crippen molar-refractivity contribution in [3.63, 3.8) is 0 Å². The SMILES string of the molecule is CCCCCCC(C)(C)Cc1cccc(N(C)C(=O)c2ccccc2)c1. The average molecular weight is 352 g/mol. The van der Waals surface area contributed by atoms with E-state index in [1.807, 2.05) is 43.4 Å². The van der Waals surface area contributed by atoms with Gasteiger partial charge in [0, 0.05) is 18.3 Å². The number of rotatable bonds is 9. The Kier molecular flexibility index (Phi) is 7.44. The maximum Gasteiger partial charge on any atom is 0.258 e. The monoisotopic (exact) mass is 351 g/mol. The molecule has 0 heterocycles. The van der Waals surface area contributed by atoms with Gasteiger partial charge in [-0.2, -0.15) is 0 Å². The van der Waals surface area contributed by atoms with Gasteiger partial charge in [0.25, 0.3) is 5.91 Å². The number of carbonyl (C=O) groups is 1. The standard InChI is InChI=1S/C24H33NO/c1-5-6-7-11-17-24(2,3)19-20-13-12-16-22(18-20)25(4)23(26)21-14-9-8-10-15-21/h8-10,12-16,18H,5-7,11,17,19H2,1-4H3. The van der Waals surface area contributed by atoms with Gasteiger partial charge in [0.1, 0.15) is 0 Å². The molecular weight excluding hydrogens is 318 g/mol. The fourth-order valence-electron chi connectivity index (χ4n) is 3.44. The van der Waals surface area contributed by atoms with E-state index < -0.39 is 0 Å². The summed E-state index contributed by atoms with van der Waals surface area (Å²) in [4.78, 5) is 14.4. The summed E-state index contributed by atoms with van der Waals surface area (Å²) in [6.07, 6.45) is 7.53. The number of nitrogens with zero attached hydrogens (tertiary/aromatic N) is 1. The zero-order valence-corrected chi connectivity index (χ0v) is 16.8. The Labute approximate surface area is 159 Å². The fraction of sp³-hybridized carbons (Fsp3) is 0.458. The van der Waals surface area contributed by atoms with Crippen molar-refractivity contribution in [3.05, 3.63) is 65.7 Å². The molecule has 0 saturated heterocycles. The molecule has 26 heavy (non-hydrogen) atoms. The molecule has 0 atom stereocenters. The summed E-state index contributed by atoms with van der Waals surface area (Å²) in [5, 5.41) is 0. The number of carbonyl (C=O) groups excluding carboxylic acids is 1. The van der Waals surface area contributed by atoms with Crippen molar-refractivity contribution in [2.45, 2.75) is 59.3 Å². The first kappa shape index (κ1) is 20.2. The first-order valence-electron chi connectivity index (χ1n) is 9.85. The van der Waals surface area contributed by atoms with Crippen LogP contribution in [0.4, 0.5) is 5.69 Å². The Morgan fingerprint density at radius 2 is 1.69 bits per heavy atom. The van der Waals surface area contributed by atoms with Crippen molar-refractivity contribution in [2.24, 2.45) is 5.41 Å². The summed E-state index contributed by atoms with van der Waals surface area (Å²) in [6.45, 7) is 6.96. The molecule has 0 aliphatic heterocycles. The minimum absolute atomic E-state index is 0.0292. The van der Waals surface area contributed by atoms with Gasteiger partial charge in [-0.05, 0) is 48.1 Å². The molecule has 2 aromatic rings. The van der Waals surface area contributed by atoms with Gasteiger partial charge < -0.3 is 4.90 Å². The van der Waals surface area contributed by atoms with Crippen LogP contribution in [0.25, 0.3) is 0 Å². The van der Waals surface area contributed by atoms with Crippen LogP contribution in [0, 0.1) is 5.41 Å². The smallest absolute Gasteiger partial charge is 0.258 e. The van der Waals surface area contributed by atoms with Crippen LogP contribution in [0.5, 0.6) is 0 Å². The van der Waals surface area contributed by atoms with Crippen LogP contribution < -0.4 is 4.90 Å². The van der Waals surface area contributed by atoms with E-state index in [0.717, 1.165) is 17.7 Å². The molecule has 0 aromatic heterocycles. The highest BCUT2D eigenvalue weighted by Gasteiger charge is 2.19. The minimum atomic E-state index is 0.0292. The molecule has 0 spiro atoms. The molecule has 0 radical (unpaired) electrons. The number of unbranched alkanes of at least 4 members (excludes halogenated alkanes) is 3. The van der Waals surface area contributed by atoms with Crippen LogP contribution in [0.2, 0.25) is 0 Å². The lowest BCUT2D eigenvalue weighted by molar-refractivity contribution is 0.0993. The van der Waals surface area contributed by atoms with E-state index in [2.05, 4.69) is 39.0 Å². The van der Waals surface area contributed by atoms with Crippen LogP contribution >= 0.6 is 0 Å². The number of anilines is 1. The van der Waals surface area contributed by atoms with Crippen molar-refractivity contribution in [2.75, 3.05) is 11.9 Å². The van der Waals surface area contributed by atoms with Crippen LogP contribution in [0.15, 0.2) is 54.6 Å². The van der Waals surface area contributed by atoms with Gasteiger partial charge in [-0.3, -0.25) is 4.79 Å². The molecule has 0 saturated carbocycles. The molecule has 2 aromatic carbocycles. The zero-order chi connectivity index (χ0) is 19.0. The first-order valence-corrected chi connectivity index (χ1v) is 9.85. The maximum atomic E-state index is 12.7. The second-order valence-electron chi connectivity index (χ2n) is 8.05. The highest BCUT2D eigenvalue weighted by Crippen LogP contribution is 2.30. The zero-order valence-electron chi connectivity index (χ0n) is 16.8. The molecule has 0 N–H and O–H groups in total. The quantitative estimate of drug-likeness (QED) is 0.472. The van der Waals surface area contributed by atoms with Gasteiger partial charge >= 0.3 is 0 Å². The van der Waals surface area contributed by atoms with Crippen LogP contribution in [0.3, 0.4) is 0 Å². The predicted octanol–water partition coefficient (Wildman–Crippen LogP) is 6.50. The molecule has 0 bridgehead atoms. The van der Waals surface area contributed by atoms with E-state index in [-0.39, 0.29) is 11.3 Å². The lowest BCUT2D eigenvalue weighted by Gasteiger charge is -2.26. The van der Waals surface area contributed by atoms with E-state index in [1.165, 1.54) is 37.7 Å². The van der Waals surface area contributed by atoms with Gasteiger partial charge in [0.05, 0.1) is 0 Å². The molecule has 140 valence electrons. The lowest BCUT2D eigenvalue weighted by Crippen LogP contribution is -2.26. The van der Waals surface area contributed by atoms with E-state index >= 15 is 0 Å². The van der Waals surface area contributed by atoms with E-state index in [0.29, 0.717) is 0 Å². The van der Waals surface area contributed by atoms with Gasteiger partial charge in [-0.15, -0.1) is 0 Å². The van der Waals surface area contributed by atoms with Crippen LogP contribution in [-0.2, 0) is 6.42 Å². The lowest BCUT2D eigenvalue weighted by atomic mass is 9.81. The van der Waals surface area contributed by atoms with Gasteiger partial charge in [0.15, 0.2) is 0 Å². The Balaban J connectivity index is 2.04. The Morgan fingerprint density at radius 1 is 0.962 bits per heavy atom. The maximum absolute atomic E-state index is 12.7. The first-order chi connectivity index (χ1) is 12.4. The molecule has 0 aliphatic rings. The second-order valence-corrected chi connectivity index (χ2v) is 8.05. The predicted molar refractivity (Wildman–Crippen MR) is 112 cm³/mol. The molecule has 2 heteroatoms. The molecule has 0 fully saturated rings. The summed E-state index contributed by atoms with van der Waals surface area (Å²) in [5.41, 5.74) is 3.26. The third-order valence-electron chi connectivity index (χ3n) is 5.01. The Morgan fingerprint density at radius 3 is 2.38 bits per heavy atom. The number of benzene rings is 2. The second kappa shape index (κ2) is 9.56. The summed E-state index contributed by atoms with van der Waals surface area (Å²) >= 11 is 0. The average Bonchev–Trinajstić information content (AvgIpc) is 2.64. The third kappa shape index (κ3) is 6.01. The van der Waals surface area contributed by atoms with Crippen molar-refractivity contribution in [1.82, 2.24) is 0 Å². The van der Waals surface area contributed by atoms with E-state index in [9.17, 15) is 4.79 Å². The van der Waals surface area contributed by atoms with Crippen molar-refractivity contribution in [3.8, 4) is 0 Å².